The molecule has 0 saturated carbocycles. The van der Waals surface area contributed by atoms with Gasteiger partial charge in [-0.25, -0.2) is 8.42 Å². The number of fused-ring (bicyclic) bond motifs is 1. The molecule has 0 aromatic heterocycles. The van der Waals surface area contributed by atoms with E-state index in [-0.39, 0.29) is 22.9 Å². The van der Waals surface area contributed by atoms with Crippen molar-refractivity contribution >= 4 is 27.2 Å². The highest BCUT2D eigenvalue weighted by Gasteiger charge is 2.20. The molecule has 0 unspecified atom stereocenters. The molecule has 0 spiro atoms. The van der Waals surface area contributed by atoms with Crippen molar-refractivity contribution in [3.05, 3.63) is 48.0 Å². The number of benzene rings is 2. The number of hydrogen-bond donors (Lipinski definition) is 1. The molecule has 8 heteroatoms. The highest BCUT2D eigenvalue weighted by molar-refractivity contribution is 7.91. The first-order valence-corrected chi connectivity index (χ1v) is 10.0. The Hall–Kier alpha value is -2.87. The van der Waals surface area contributed by atoms with Gasteiger partial charge in [-0.3, -0.25) is 9.59 Å². The second kappa shape index (κ2) is 7.79. The standard InChI is InChI=1S/C19H19NO6S/c1-13(21)14-2-4-15(5-3-14)20-19(22)8-11-27(23,24)16-6-7-17-18(12-16)26-10-9-25-17/h2-7,12H,8-11H2,1H3,(H,20,22). The van der Waals surface area contributed by atoms with Crippen LogP contribution in [0.3, 0.4) is 0 Å². The molecule has 7 nitrogen and oxygen atoms in total. The number of Topliss-reactive ketones (excluding diaryl/α,β-unsaturated/α-hetero) is 1. The van der Waals surface area contributed by atoms with E-state index in [9.17, 15) is 18.0 Å². The largest absolute Gasteiger partial charge is 0.486 e. The molecular weight excluding hydrogens is 370 g/mol. The van der Waals surface area contributed by atoms with Gasteiger partial charge in [0.05, 0.1) is 10.6 Å². The van der Waals surface area contributed by atoms with Crippen LogP contribution in [-0.2, 0) is 14.6 Å². The fourth-order valence-electron chi connectivity index (χ4n) is 2.57. The Morgan fingerprint density at radius 1 is 1.00 bits per heavy atom. The second-order valence-electron chi connectivity index (χ2n) is 6.06. The zero-order valence-corrected chi connectivity index (χ0v) is 15.5. The Labute approximate surface area is 157 Å². The van der Waals surface area contributed by atoms with Crippen LogP contribution in [0.5, 0.6) is 11.5 Å². The zero-order chi connectivity index (χ0) is 19.4. The molecule has 142 valence electrons. The summed E-state index contributed by atoms with van der Waals surface area (Å²) in [5.74, 6) is 0.0682. The monoisotopic (exact) mass is 389 g/mol. The summed E-state index contributed by atoms with van der Waals surface area (Å²) in [6.45, 7) is 2.24. The first-order valence-electron chi connectivity index (χ1n) is 8.38. The quantitative estimate of drug-likeness (QED) is 0.762. The lowest BCUT2D eigenvalue weighted by molar-refractivity contribution is -0.115. The highest BCUT2D eigenvalue weighted by Crippen LogP contribution is 2.32. The number of carbonyl (C=O) groups is 2. The number of ketones is 1. The minimum absolute atomic E-state index is 0.0709. The van der Waals surface area contributed by atoms with Crippen molar-refractivity contribution in [3.8, 4) is 11.5 Å². The van der Waals surface area contributed by atoms with Gasteiger partial charge in [0.15, 0.2) is 27.1 Å². The van der Waals surface area contributed by atoms with Crippen molar-refractivity contribution in [1.29, 1.82) is 0 Å². The first-order chi connectivity index (χ1) is 12.8. The van der Waals surface area contributed by atoms with Crippen LogP contribution in [0, 0.1) is 0 Å². The predicted octanol–water partition coefficient (Wildman–Crippen LogP) is 2.46. The van der Waals surface area contributed by atoms with E-state index in [0.717, 1.165) is 0 Å². The third kappa shape index (κ3) is 4.65. The smallest absolute Gasteiger partial charge is 0.225 e. The van der Waals surface area contributed by atoms with Crippen LogP contribution in [0.15, 0.2) is 47.4 Å². The van der Waals surface area contributed by atoms with E-state index in [0.29, 0.717) is 36.0 Å². The van der Waals surface area contributed by atoms with Crippen molar-refractivity contribution in [3.63, 3.8) is 0 Å². The van der Waals surface area contributed by atoms with E-state index >= 15 is 0 Å². The summed E-state index contributed by atoms with van der Waals surface area (Å²) in [6.07, 6.45) is -0.189. The fraction of sp³-hybridized carbons (Fsp3) is 0.263. The van der Waals surface area contributed by atoms with Gasteiger partial charge >= 0.3 is 0 Å². The van der Waals surface area contributed by atoms with Crippen LogP contribution in [0.2, 0.25) is 0 Å². The summed E-state index contributed by atoms with van der Waals surface area (Å²) in [7, 11) is -3.64. The summed E-state index contributed by atoms with van der Waals surface area (Å²) >= 11 is 0. The molecule has 0 saturated heterocycles. The van der Waals surface area contributed by atoms with E-state index < -0.39 is 15.7 Å². The second-order valence-corrected chi connectivity index (χ2v) is 8.17. The van der Waals surface area contributed by atoms with E-state index in [1.807, 2.05) is 0 Å². The lowest BCUT2D eigenvalue weighted by Gasteiger charge is -2.18. The molecule has 0 fully saturated rings. The summed E-state index contributed by atoms with van der Waals surface area (Å²) < 4.78 is 35.7. The maximum absolute atomic E-state index is 12.5. The van der Waals surface area contributed by atoms with Gasteiger partial charge in [0.2, 0.25) is 5.91 Å². The van der Waals surface area contributed by atoms with Gasteiger partial charge in [-0.15, -0.1) is 0 Å². The molecule has 1 amide bonds. The number of rotatable bonds is 6. The van der Waals surface area contributed by atoms with Crippen LogP contribution in [0.4, 0.5) is 5.69 Å². The third-order valence-corrected chi connectivity index (χ3v) is 5.76. The molecule has 0 aliphatic carbocycles. The molecule has 1 aliphatic rings. The molecule has 0 atom stereocenters. The Bertz CT molecular complexity index is 966. The number of carbonyl (C=O) groups excluding carboxylic acids is 2. The summed E-state index contributed by atoms with van der Waals surface area (Å²) in [4.78, 5) is 23.4. The number of ether oxygens (including phenoxy) is 2. The molecule has 1 N–H and O–H groups in total. The minimum atomic E-state index is -3.64. The van der Waals surface area contributed by atoms with Gasteiger partial charge in [-0.1, -0.05) is 0 Å². The van der Waals surface area contributed by atoms with Crippen molar-refractivity contribution < 1.29 is 27.5 Å². The molecule has 2 aromatic rings. The molecule has 1 aliphatic heterocycles. The van der Waals surface area contributed by atoms with Crippen LogP contribution < -0.4 is 14.8 Å². The maximum Gasteiger partial charge on any atom is 0.225 e. The van der Waals surface area contributed by atoms with Gasteiger partial charge in [0.1, 0.15) is 13.2 Å². The van der Waals surface area contributed by atoms with E-state index in [4.69, 9.17) is 9.47 Å². The van der Waals surface area contributed by atoms with Crippen molar-refractivity contribution in [2.45, 2.75) is 18.2 Å². The maximum atomic E-state index is 12.5. The van der Waals surface area contributed by atoms with E-state index in [1.54, 1.807) is 30.3 Å². The first kappa shape index (κ1) is 18.9. The van der Waals surface area contributed by atoms with Crippen molar-refractivity contribution in [2.75, 3.05) is 24.3 Å². The lowest BCUT2D eigenvalue weighted by Crippen LogP contribution is -2.18. The normalized spacial score (nSPS) is 13.1. The van der Waals surface area contributed by atoms with Crippen LogP contribution in [0.25, 0.3) is 0 Å². The van der Waals surface area contributed by atoms with Crippen LogP contribution in [-0.4, -0.2) is 39.1 Å². The number of anilines is 1. The molecular formula is C19H19NO6S. The predicted molar refractivity (Wildman–Crippen MR) is 99.2 cm³/mol. The van der Waals surface area contributed by atoms with Gasteiger partial charge in [0.25, 0.3) is 0 Å². The van der Waals surface area contributed by atoms with Crippen LogP contribution in [0.1, 0.15) is 23.7 Å². The molecule has 3 rings (SSSR count). The summed E-state index contributed by atoms with van der Waals surface area (Å²) in [5, 5.41) is 2.62. The van der Waals surface area contributed by atoms with Gasteiger partial charge in [-0.2, -0.15) is 0 Å². The van der Waals surface area contributed by atoms with Crippen LogP contribution >= 0.6 is 0 Å². The molecule has 27 heavy (non-hydrogen) atoms. The Morgan fingerprint density at radius 2 is 1.67 bits per heavy atom. The Morgan fingerprint density at radius 3 is 2.33 bits per heavy atom. The van der Waals surface area contributed by atoms with Gasteiger partial charge in [0, 0.05) is 23.7 Å². The molecule has 0 bridgehead atoms. The summed E-state index contributed by atoms with van der Waals surface area (Å²) in [6, 6.07) is 10.8. The molecule has 0 radical (unpaired) electrons. The average Bonchev–Trinajstić information content (AvgIpc) is 2.66. The number of amides is 1. The van der Waals surface area contributed by atoms with Gasteiger partial charge in [-0.05, 0) is 43.3 Å². The van der Waals surface area contributed by atoms with E-state index in [2.05, 4.69) is 5.32 Å². The van der Waals surface area contributed by atoms with Gasteiger partial charge < -0.3 is 14.8 Å². The number of hydrogen-bond acceptors (Lipinski definition) is 6. The molecule has 1 heterocycles. The molecule has 2 aromatic carbocycles. The summed E-state index contributed by atoms with van der Waals surface area (Å²) in [5.41, 5.74) is 1.04. The number of nitrogens with one attached hydrogen (secondary N) is 1. The Balaban J connectivity index is 1.61. The minimum Gasteiger partial charge on any atom is -0.486 e. The highest BCUT2D eigenvalue weighted by atomic mass is 32.2. The Kier molecular flexibility index (Phi) is 5.46. The zero-order valence-electron chi connectivity index (χ0n) is 14.7. The average molecular weight is 389 g/mol. The third-order valence-electron chi connectivity index (χ3n) is 4.05. The topological polar surface area (TPSA) is 98.8 Å². The lowest BCUT2D eigenvalue weighted by atomic mass is 10.1. The SMILES string of the molecule is CC(=O)c1ccc(NC(=O)CCS(=O)(=O)c2ccc3c(c2)OCCO3)cc1. The van der Waals surface area contributed by atoms with E-state index in [1.165, 1.54) is 19.1 Å². The van der Waals surface area contributed by atoms with Crippen molar-refractivity contribution in [1.82, 2.24) is 0 Å². The fourth-order valence-corrected chi connectivity index (χ4v) is 3.83. The number of sulfone groups is 1. The van der Waals surface area contributed by atoms with Crippen molar-refractivity contribution in [2.24, 2.45) is 0 Å².